The largest absolute Gasteiger partial charge is 0.480 e. The first kappa shape index (κ1) is 21.4. The van der Waals surface area contributed by atoms with Crippen molar-refractivity contribution in [2.24, 2.45) is 5.73 Å². The van der Waals surface area contributed by atoms with E-state index in [0.717, 1.165) is 0 Å². The summed E-state index contributed by atoms with van der Waals surface area (Å²) >= 11 is 4.00. The summed E-state index contributed by atoms with van der Waals surface area (Å²) in [4.78, 5) is 53.4. The van der Waals surface area contributed by atoms with E-state index in [1.165, 1.54) is 19.4 Å². The third kappa shape index (κ3) is 6.72. The molecule has 0 aliphatic rings. The summed E-state index contributed by atoms with van der Waals surface area (Å²) in [6, 6.07) is -3.20. The number of rotatable bonds is 10. The van der Waals surface area contributed by atoms with Crippen molar-refractivity contribution in [2.75, 3.05) is 12.3 Å². The molecule has 1 heterocycles. The maximum absolute atomic E-state index is 12.3. The number of nitrogens with one attached hydrogen (secondary N) is 4. The molecule has 0 saturated heterocycles. The second kappa shape index (κ2) is 10.4. The van der Waals surface area contributed by atoms with Crippen LogP contribution in [0.15, 0.2) is 12.5 Å². The van der Waals surface area contributed by atoms with Gasteiger partial charge in [-0.2, -0.15) is 12.6 Å². The number of aliphatic carboxylic acids is 1. The van der Waals surface area contributed by atoms with Crippen molar-refractivity contribution < 1.29 is 24.3 Å². The zero-order valence-corrected chi connectivity index (χ0v) is 15.0. The van der Waals surface area contributed by atoms with Crippen molar-refractivity contribution in [3.63, 3.8) is 0 Å². The Morgan fingerprint density at radius 3 is 2.38 bits per heavy atom. The SMILES string of the molecule is CC(NC(=O)CN)C(=O)NC(CS)C(=O)NC(Cc1cnc[nH]1)C(=O)O. The third-order valence-electron chi connectivity index (χ3n) is 3.37. The number of carbonyl (C=O) groups is 4. The standard InChI is InChI=1S/C14H22N6O5S/c1-7(18-11(21)3-15)12(22)20-10(5-26)13(23)19-9(14(24)25)2-8-4-16-6-17-8/h4,6-7,9-10,26H,2-3,5,15H2,1H3,(H,16,17)(H,18,21)(H,19,23)(H,20,22)(H,24,25). The molecule has 3 amide bonds. The van der Waals surface area contributed by atoms with Crippen LogP contribution in [0.5, 0.6) is 0 Å². The van der Waals surface area contributed by atoms with Gasteiger partial charge in [-0.15, -0.1) is 0 Å². The fraction of sp³-hybridized carbons (Fsp3) is 0.500. The number of thiol groups is 1. The minimum Gasteiger partial charge on any atom is -0.480 e. The first-order valence-electron chi connectivity index (χ1n) is 7.69. The van der Waals surface area contributed by atoms with Crippen LogP contribution in [-0.2, 0) is 25.6 Å². The summed E-state index contributed by atoms with van der Waals surface area (Å²) in [7, 11) is 0. The highest BCUT2D eigenvalue weighted by molar-refractivity contribution is 7.80. The van der Waals surface area contributed by atoms with Gasteiger partial charge in [-0.1, -0.05) is 0 Å². The predicted molar refractivity (Wildman–Crippen MR) is 94.3 cm³/mol. The van der Waals surface area contributed by atoms with E-state index in [0.29, 0.717) is 5.69 Å². The Labute approximate surface area is 154 Å². The molecule has 1 aromatic rings. The molecule has 144 valence electrons. The summed E-state index contributed by atoms with van der Waals surface area (Å²) in [5.41, 5.74) is 5.68. The van der Waals surface area contributed by atoms with Gasteiger partial charge in [-0.05, 0) is 6.92 Å². The van der Waals surface area contributed by atoms with Crippen molar-refractivity contribution in [3.8, 4) is 0 Å². The lowest BCUT2D eigenvalue weighted by molar-refractivity contribution is -0.142. The van der Waals surface area contributed by atoms with E-state index in [1.54, 1.807) is 0 Å². The molecule has 0 spiro atoms. The zero-order chi connectivity index (χ0) is 19.7. The van der Waals surface area contributed by atoms with E-state index in [4.69, 9.17) is 5.73 Å². The van der Waals surface area contributed by atoms with Crippen LogP contribution in [0.25, 0.3) is 0 Å². The lowest BCUT2D eigenvalue weighted by Gasteiger charge is -2.22. The van der Waals surface area contributed by atoms with Gasteiger partial charge in [0, 0.05) is 24.1 Å². The van der Waals surface area contributed by atoms with Crippen molar-refractivity contribution in [1.82, 2.24) is 25.9 Å². The van der Waals surface area contributed by atoms with Crippen LogP contribution >= 0.6 is 12.6 Å². The second-order valence-electron chi connectivity index (χ2n) is 5.42. The number of amides is 3. The molecular formula is C14H22N6O5S. The van der Waals surface area contributed by atoms with Crippen molar-refractivity contribution >= 4 is 36.3 Å². The molecule has 7 N–H and O–H groups in total. The number of carboxylic acid groups (broad SMARTS) is 1. The Hall–Kier alpha value is -2.60. The summed E-state index contributed by atoms with van der Waals surface area (Å²) in [6.45, 7) is 1.15. The van der Waals surface area contributed by atoms with E-state index >= 15 is 0 Å². The molecular weight excluding hydrogens is 364 g/mol. The van der Waals surface area contributed by atoms with Crippen molar-refractivity contribution in [1.29, 1.82) is 0 Å². The number of carbonyl (C=O) groups excluding carboxylic acids is 3. The number of imidazole rings is 1. The van der Waals surface area contributed by atoms with Crippen molar-refractivity contribution in [2.45, 2.75) is 31.5 Å². The number of nitrogens with zero attached hydrogens (tertiary/aromatic N) is 1. The summed E-state index contributed by atoms with van der Waals surface area (Å²) in [5, 5.41) is 16.4. The number of hydrogen-bond donors (Lipinski definition) is 7. The minimum absolute atomic E-state index is 0.00271. The molecule has 12 heteroatoms. The van der Waals surface area contributed by atoms with Crippen LogP contribution in [0.1, 0.15) is 12.6 Å². The number of hydrogen-bond acceptors (Lipinski definition) is 7. The minimum atomic E-state index is -1.24. The molecule has 1 aromatic heterocycles. The Bertz CT molecular complexity index is 638. The van der Waals surface area contributed by atoms with E-state index in [2.05, 4.69) is 38.5 Å². The maximum Gasteiger partial charge on any atom is 0.326 e. The normalized spacial score (nSPS) is 14.0. The fourth-order valence-electron chi connectivity index (χ4n) is 1.95. The molecule has 1 rings (SSSR count). The van der Waals surface area contributed by atoms with Gasteiger partial charge in [0.05, 0.1) is 12.9 Å². The number of aromatic amines is 1. The molecule has 0 saturated carbocycles. The van der Waals surface area contributed by atoms with Crippen molar-refractivity contribution in [3.05, 3.63) is 18.2 Å². The molecule has 3 unspecified atom stereocenters. The molecule has 3 atom stereocenters. The monoisotopic (exact) mass is 386 g/mol. The van der Waals surface area contributed by atoms with Gasteiger partial charge in [0.1, 0.15) is 18.1 Å². The van der Waals surface area contributed by atoms with Gasteiger partial charge in [0.2, 0.25) is 17.7 Å². The highest BCUT2D eigenvalue weighted by Gasteiger charge is 2.27. The topological polar surface area (TPSA) is 179 Å². The fourth-order valence-corrected chi connectivity index (χ4v) is 2.20. The summed E-state index contributed by atoms with van der Waals surface area (Å²) in [6.07, 6.45) is 2.84. The quantitative estimate of drug-likeness (QED) is 0.215. The van der Waals surface area contributed by atoms with E-state index in [9.17, 15) is 24.3 Å². The average molecular weight is 386 g/mol. The van der Waals surface area contributed by atoms with Gasteiger partial charge in [-0.3, -0.25) is 14.4 Å². The molecule has 0 aromatic carbocycles. The van der Waals surface area contributed by atoms with Gasteiger partial charge in [0.25, 0.3) is 0 Å². The average Bonchev–Trinajstić information content (AvgIpc) is 3.11. The van der Waals surface area contributed by atoms with Crippen LogP contribution in [0, 0.1) is 0 Å². The smallest absolute Gasteiger partial charge is 0.326 e. The van der Waals surface area contributed by atoms with Gasteiger partial charge in [0.15, 0.2) is 0 Å². The maximum atomic E-state index is 12.3. The molecule has 11 nitrogen and oxygen atoms in total. The highest BCUT2D eigenvalue weighted by Crippen LogP contribution is 2.00. The predicted octanol–water partition coefficient (Wildman–Crippen LogP) is -2.60. The van der Waals surface area contributed by atoms with E-state index in [-0.39, 0.29) is 18.7 Å². The van der Waals surface area contributed by atoms with E-state index < -0.39 is 41.8 Å². The Morgan fingerprint density at radius 1 is 1.23 bits per heavy atom. The van der Waals surface area contributed by atoms with E-state index in [1.807, 2.05) is 0 Å². The number of carboxylic acids is 1. The Kier molecular flexibility index (Phi) is 8.58. The highest BCUT2D eigenvalue weighted by atomic mass is 32.1. The zero-order valence-electron chi connectivity index (χ0n) is 14.1. The van der Waals surface area contributed by atoms with Crippen LogP contribution in [0.3, 0.4) is 0 Å². The second-order valence-corrected chi connectivity index (χ2v) is 5.78. The Morgan fingerprint density at radius 2 is 1.88 bits per heavy atom. The molecule has 26 heavy (non-hydrogen) atoms. The summed E-state index contributed by atoms with van der Waals surface area (Å²) < 4.78 is 0. The van der Waals surface area contributed by atoms with Gasteiger partial charge in [-0.25, -0.2) is 9.78 Å². The summed E-state index contributed by atoms with van der Waals surface area (Å²) in [5.74, 6) is -3.16. The lowest BCUT2D eigenvalue weighted by Crippen LogP contribution is -2.56. The van der Waals surface area contributed by atoms with Gasteiger partial charge < -0.3 is 31.8 Å². The lowest BCUT2D eigenvalue weighted by atomic mass is 10.1. The van der Waals surface area contributed by atoms with Crippen LogP contribution in [0.4, 0.5) is 0 Å². The van der Waals surface area contributed by atoms with Gasteiger partial charge >= 0.3 is 5.97 Å². The molecule has 0 aliphatic carbocycles. The first-order chi connectivity index (χ1) is 12.3. The number of nitrogens with two attached hydrogens (primary N) is 1. The molecule has 0 fully saturated rings. The third-order valence-corrected chi connectivity index (χ3v) is 3.73. The molecule has 0 bridgehead atoms. The van der Waals surface area contributed by atoms with Crippen LogP contribution < -0.4 is 21.7 Å². The number of H-pyrrole nitrogens is 1. The Balaban J connectivity index is 2.66. The first-order valence-corrected chi connectivity index (χ1v) is 8.32. The van der Waals surface area contributed by atoms with Crippen LogP contribution in [0.2, 0.25) is 0 Å². The molecule has 0 aliphatic heterocycles. The molecule has 0 radical (unpaired) electrons. The van der Waals surface area contributed by atoms with Crippen LogP contribution in [-0.4, -0.2) is 69.2 Å². The number of aromatic nitrogens is 2.